The molecule has 1 aliphatic heterocycles. The van der Waals surface area contributed by atoms with Crippen molar-refractivity contribution in [1.82, 2.24) is 14.7 Å². The highest BCUT2D eigenvalue weighted by molar-refractivity contribution is 5.73. The van der Waals surface area contributed by atoms with Gasteiger partial charge >= 0.3 is 6.09 Å². The van der Waals surface area contributed by atoms with E-state index in [9.17, 15) is 14.4 Å². The molecule has 2 aromatic rings. The Labute approximate surface area is 163 Å². The van der Waals surface area contributed by atoms with E-state index in [0.717, 1.165) is 12.8 Å². The summed E-state index contributed by atoms with van der Waals surface area (Å²) in [6.45, 7) is 6.59. The number of amides is 1. The standard InChI is InChI=1S/C20H24FN5O2/c1-20(2,3)28-19(27)25-6-4-5-16(12-25)26-11-14(10-24-26)18-13(9-22)7-15(23)8-17(18)21/h7-8,10-11,16H,4-6,12,23H2,1-3H3. The van der Waals surface area contributed by atoms with Crippen LogP contribution in [0.5, 0.6) is 0 Å². The van der Waals surface area contributed by atoms with Gasteiger partial charge in [0.25, 0.3) is 0 Å². The lowest BCUT2D eigenvalue weighted by Crippen LogP contribution is -2.43. The number of hydrogen-bond acceptors (Lipinski definition) is 5. The Balaban J connectivity index is 1.81. The molecule has 148 valence electrons. The van der Waals surface area contributed by atoms with E-state index in [-0.39, 0.29) is 28.9 Å². The molecule has 1 atom stereocenters. The van der Waals surface area contributed by atoms with E-state index in [1.165, 1.54) is 18.3 Å². The summed E-state index contributed by atoms with van der Waals surface area (Å²) in [6.07, 6.45) is 4.55. The zero-order chi connectivity index (χ0) is 20.5. The van der Waals surface area contributed by atoms with Crippen LogP contribution in [-0.4, -0.2) is 39.5 Å². The third kappa shape index (κ3) is 4.25. The lowest BCUT2D eigenvalue weighted by atomic mass is 10.0. The zero-order valence-electron chi connectivity index (χ0n) is 16.3. The zero-order valence-corrected chi connectivity index (χ0v) is 16.3. The molecule has 0 spiro atoms. The van der Waals surface area contributed by atoms with Gasteiger partial charge in [0.2, 0.25) is 0 Å². The van der Waals surface area contributed by atoms with Crippen molar-refractivity contribution in [1.29, 1.82) is 5.26 Å². The maximum absolute atomic E-state index is 14.4. The third-order valence-electron chi connectivity index (χ3n) is 4.55. The summed E-state index contributed by atoms with van der Waals surface area (Å²) >= 11 is 0. The minimum absolute atomic E-state index is 0.0441. The molecule has 1 aromatic carbocycles. The van der Waals surface area contributed by atoms with Crippen LogP contribution in [-0.2, 0) is 4.74 Å². The van der Waals surface area contributed by atoms with Crippen molar-refractivity contribution in [2.75, 3.05) is 18.8 Å². The number of benzene rings is 1. The van der Waals surface area contributed by atoms with E-state index in [1.807, 2.05) is 26.8 Å². The molecule has 2 N–H and O–H groups in total. The van der Waals surface area contributed by atoms with Crippen LogP contribution in [0.2, 0.25) is 0 Å². The topological polar surface area (TPSA) is 97.2 Å². The van der Waals surface area contributed by atoms with E-state index in [2.05, 4.69) is 5.10 Å². The number of nitrogens with two attached hydrogens (primary N) is 1. The van der Waals surface area contributed by atoms with Gasteiger partial charge in [-0.2, -0.15) is 10.4 Å². The maximum Gasteiger partial charge on any atom is 0.410 e. The molecule has 28 heavy (non-hydrogen) atoms. The number of ether oxygens (including phenoxy) is 1. The van der Waals surface area contributed by atoms with Crippen LogP contribution >= 0.6 is 0 Å². The average Bonchev–Trinajstić information content (AvgIpc) is 3.09. The van der Waals surface area contributed by atoms with Crippen LogP contribution in [0.4, 0.5) is 14.9 Å². The predicted molar refractivity (Wildman–Crippen MR) is 103 cm³/mol. The number of carbonyl (C=O) groups is 1. The highest BCUT2D eigenvalue weighted by Gasteiger charge is 2.29. The highest BCUT2D eigenvalue weighted by Crippen LogP contribution is 2.30. The number of hydrogen-bond donors (Lipinski definition) is 1. The summed E-state index contributed by atoms with van der Waals surface area (Å²) < 4.78 is 21.6. The van der Waals surface area contributed by atoms with E-state index < -0.39 is 11.4 Å². The summed E-state index contributed by atoms with van der Waals surface area (Å²) in [5.41, 5.74) is 6.13. The Morgan fingerprint density at radius 3 is 2.86 bits per heavy atom. The van der Waals surface area contributed by atoms with E-state index in [1.54, 1.807) is 15.8 Å². The Morgan fingerprint density at radius 1 is 1.43 bits per heavy atom. The van der Waals surface area contributed by atoms with Gasteiger partial charge in [-0.05, 0) is 45.7 Å². The third-order valence-corrected chi connectivity index (χ3v) is 4.55. The molecule has 0 bridgehead atoms. The van der Waals surface area contributed by atoms with Crippen LogP contribution in [0.15, 0.2) is 24.5 Å². The largest absolute Gasteiger partial charge is 0.444 e. The molecule has 1 saturated heterocycles. The van der Waals surface area contributed by atoms with Crippen LogP contribution in [0.1, 0.15) is 45.2 Å². The molecule has 2 heterocycles. The van der Waals surface area contributed by atoms with Gasteiger partial charge in [0, 0.05) is 36.1 Å². The fourth-order valence-corrected chi connectivity index (χ4v) is 3.34. The number of rotatable bonds is 2. The van der Waals surface area contributed by atoms with Gasteiger partial charge in [0.15, 0.2) is 0 Å². The van der Waals surface area contributed by atoms with Crippen molar-refractivity contribution in [3.05, 3.63) is 35.9 Å². The van der Waals surface area contributed by atoms with Crippen LogP contribution in [0.25, 0.3) is 11.1 Å². The Bertz CT molecular complexity index is 926. The van der Waals surface area contributed by atoms with E-state index in [0.29, 0.717) is 18.7 Å². The van der Waals surface area contributed by atoms with Crippen molar-refractivity contribution in [2.45, 2.75) is 45.3 Å². The number of nitrogens with zero attached hydrogens (tertiary/aromatic N) is 4. The van der Waals surface area contributed by atoms with Crippen molar-refractivity contribution >= 4 is 11.8 Å². The Hall–Kier alpha value is -3.08. The minimum Gasteiger partial charge on any atom is -0.444 e. The van der Waals surface area contributed by atoms with Crippen molar-refractivity contribution in [3.8, 4) is 17.2 Å². The molecule has 0 aliphatic carbocycles. The number of halogens is 1. The second-order valence-electron chi connectivity index (χ2n) is 7.97. The van der Waals surface area contributed by atoms with Gasteiger partial charge in [-0.25, -0.2) is 9.18 Å². The Morgan fingerprint density at radius 2 is 2.18 bits per heavy atom. The number of carbonyl (C=O) groups excluding carboxylic acids is 1. The fourth-order valence-electron chi connectivity index (χ4n) is 3.34. The first kappa shape index (κ1) is 19.7. The number of nitriles is 1. The minimum atomic E-state index is -0.560. The number of anilines is 1. The molecule has 1 unspecified atom stereocenters. The van der Waals surface area contributed by atoms with Gasteiger partial charge < -0.3 is 15.4 Å². The van der Waals surface area contributed by atoms with Crippen LogP contribution < -0.4 is 5.73 Å². The molecule has 0 saturated carbocycles. The normalized spacial score (nSPS) is 17.2. The predicted octanol–water partition coefficient (Wildman–Crippen LogP) is 3.72. The molecular formula is C20H24FN5O2. The first-order valence-corrected chi connectivity index (χ1v) is 9.19. The highest BCUT2D eigenvalue weighted by atomic mass is 19.1. The summed E-state index contributed by atoms with van der Waals surface area (Å²) in [7, 11) is 0. The maximum atomic E-state index is 14.4. The van der Waals surface area contributed by atoms with Crippen molar-refractivity contribution in [2.24, 2.45) is 0 Å². The van der Waals surface area contributed by atoms with Crippen LogP contribution in [0.3, 0.4) is 0 Å². The molecule has 7 nitrogen and oxygen atoms in total. The summed E-state index contributed by atoms with van der Waals surface area (Å²) in [4.78, 5) is 14.0. The molecule has 0 radical (unpaired) electrons. The molecule has 1 amide bonds. The van der Waals surface area contributed by atoms with Gasteiger partial charge in [-0.1, -0.05) is 0 Å². The lowest BCUT2D eigenvalue weighted by Gasteiger charge is -2.34. The average molecular weight is 385 g/mol. The van der Waals surface area contributed by atoms with Crippen molar-refractivity contribution in [3.63, 3.8) is 0 Å². The molecule has 3 rings (SSSR count). The monoisotopic (exact) mass is 385 g/mol. The van der Waals surface area contributed by atoms with E-state index >= 15 is 0 Å². The number of nitrogen functional groups attached to an aromatic ring is 1. The van der Waals surface area contributed by atoms with Gasteiger partial charge in [-0.15, -0.1) is 0 Å². The molecule has 1 fully saturated rings. The summed E-state index contributed by atoms with van der Waals surface area (Å²) in [5.74, 6) is -0.560. The fraction of sp³-hybridized carbons (Fsp3) is 0.450. The Kier molecular flexibility index (Phi) is 5.27. The van der Waals surface area contributed by atoms with E-state index in [4.69, 9.17) is 10.5 Å². The second-order valence-corrected chi connectivity index (χ2v) is 7.97. The molecule has 1 aromatic heterocycles. The molecule has 1 aliphatic rings. The number of piperidine rings is 1. The lowest BCUT2D eigenvalue weighted by molar-refractivity contribution is 0.0167. The molecule has 8 heteroatoms. The summed E-state index contributed by atoms with van der Waals surface area (Å²) in [5, 5.41) is 13.7. The van der Waals surface area contributed by atoms with Gasteiger partial charge in [0.05, 0.1) is 23.9 Å². The number of aromatic nitrogens is 2. The van der Waals surface area contributed by atoms with Gasteiger partial charge in [0.1, 0.15) is 11.4 Å². The SMILES string of the molecule is CC(C)(C)OC(=O)N1CCCC(n2cc(-c3c(F)cc(N)cc3C#N)cn2)C1. The first-order chi connectivity index (χ1) is 13.2. The first-order valence-electron chi connectivity index (χ1n) is 9.19. The quantitative estimate of drug-likeness (QED) is 0.795. The molecular weight excluding hydrogens is 361 g/mol. The van der Waals surface area contributed by atoms with Crippen LogP contribution in [0, 0.1) is 17.1 Å². The number of likely N-dealkylation sites (tertiary alicyclic amines) is 1. The second kappa shape index (κ2) is 7.50. The smallest absolute Gasteiger partial charge is 0.410 e. The van der Waals surface area contributed by atoms with Gasteiger partial charge in [-0.3, -0.25) is 4.68 Å². The van der Waals surface area contributed by atoms with Crippen molar-refractivity contribution < 1.29 is 13.9 Å². The summed E-state index contributed by atoms with van der Waals surface area (Å²) in [6, 6.07) is 4.58.